The molecule has 3 N–H and O–H groups in total. The average Bonchev–Trinajstić information content (AvgIpc) is 3.06. The Bertz CT molecular complexity index is 519. The van der Waals surface area contributed by atoms with E-state index in [0.29, 0.717) is 5.92 Å². The van der Waals surface area contributed by atoms with Crippen LogP contribution in [0.2, 0.25) is 0 Å². The Hall–Kier alpha value is -1.59. The minimum Gasteiger partial charge on any atom is -0.460 e. The first-order chi connectivity index (χ1) is 9.70. The van der Waals surface area contributed by atoms with Crippen LogP contribution in [0.25, 0.3) is 11.5 Å². The van der Waals surface area contributed by atoms with E-state index in [9.17, 15) is 0 Å². The maximum absolute atomic E-state index is 8.96. The summed E-state index contributed by atoms with van der Waals surface area (Å²) in [6, 6.07) is 3.90. The van der Waals surface area contributed by atoms with Gasteiger partial charge in [-0.3, -0.25) is 5.10 Å². The van der Waals surface area contributed by atoms with Crippen molar-refractivity contribution < 1.29 is 9.52 Å². The first kappa shape index (κ1) is 14.8. The van der Waals surface area contributed by atoms with Gasteiger partial charge in [-0.15, -0.1) is 0 Å². The molecule has 2 aromatic heterocycles. The molecular formula is C15H23N3O2. The lowest BCUT2D eigenvalue weighted by Crippen LogP contribution is -2.16. The fourth-order valence-electron chi connectivity index (χ4n) is 2.12. The first-order valence-electron chi connectivity index (χ1n) is 7.11. The highest BCUT2D eigenvalue weighted by atomic mass is 16.3. The van der Waals surface area contributed by atoms with Crippen molar-refractivity contribution in [3.8, 4) is 11.5 Å². The van der Waals surface area contributed by atoms with Gasteiger partial charge in [0.25, 0.3) is 0 Å². The van der Waals surface area contributed by atoms with E-state index in [1.54, 1.807) is 0 Å². The van der Waals surface area contributed by atoms with Crippen molar-refractivity contribution in [3.63, 3.8) is 0 Å². The van der Waals surface area contributed by atoms with Gasteiger partial charge in [-0.2, -0.15) is 5.10 Å². The molecule has 0 spiro atoms. The average molecular weight is 277 g/mol. The maximum Gasteiger partial charge on any atom is 0.152 e. The minimum absolute atomic E-state index is 0.268. The summed E-state index contributed by atoms with van der Waals surface area (Å²) in [7, 11) is 0. The van der Waals surface area contributed by atoms with Gasteiger partial charge in [-0.25, -0.2) is 0 Å². The molecule has 2 rings (SSSR count). The SMILES string of the molecule is Cc1ccc(-c2[nH]ncc2CNCCCC(C)CO)o1. The molecule has 5 nitrogen and oxygen atoms in total. The van der Waals surface area contributed by atoms with Gasteiger partial charge < -0.3 is 14.8 Å². The van der Waals surface area contributed by atoms with E-state index in [-0.39, 0.29) is 6.61 Å². The van der Waals surface area contributed by atoms with E-state index in [2.05, 4.69) is 22.4 Å². The van der Waals surface area contributed by atoms with Crippen LogP contribution in [0.15, 0.2) is 22.7 Å². The number of nitrogens with one attached hydrogen (secondary N) is 2. The third-order valence-corrected chi connectivity index (χ3v) is 3.38. The normalized spacial score (nSPS) is 12.8. The predicted octanol–water partition coefficient (Wildman–Crippen LogP) is 2.48. The van der Waals surface area contributed by atoms with Gasteiger partial charge in [0, 0.05) is 18.7 Å². The summed E-state index contributed by atoms with van der Waals surface area (Å²) in [6.07, 6.45) is 3.93. The summed E-state index contributed by atoms with van der Waals surface area (Å²) >= 11 is 0. The zero-order valence-corrected chi connectivity index (χ0v) is 12.1. The molecule has 0 aromatic carbocycles. The number of aliphatic hydroxyl groups is 1. The van der Waals surface area contributed by atoms with Crippen LogP contribution in [0, 0.1) is 12.8 Å². The molecule has 20 heavy (non-hydrogen) atoms. The number of H-pyrrole nitrogens is 1. The molecule has 2 aromatic rings. The van der Waals surface area contributed by atoms with Gasteiger partial charge in [0.15, 0.2) is 5.76 Å². The number of rotatable bonds is 8. The molecule has 1 unspecified atom stereocenters. The summed E-state index contributed by atoms with van der Waals surface area (Å²) in [5, 5.41) is 19.4. The van der Waals surface area contributed by atoms with Crippen LogP contribution in [0.5, 0.6) is 0 Å². The zero-order valence-electron chi connectivity index (χ0n) is 12.1. The summed E-state index contributed by atoms with van der Waals surface area (Å²) in [5.41, 5.74) is 2.05. The Labute approximate surface area is 119 Å². The monoisotopic (exact) mass is 277 g/mol. The molecule has 110 valence electrons. The van der Waals surface area contributed by atoms with Gasteiger partial charge >= 0.3 is 0 Å². The third kappa shape index (κ3) is 3.95. The Kier molecular flexibility index (Phi) is 5.38. The van der Waals surface area contributed by atoms with Crippen molar-refractivity contribution >= 4 is 0 Å². The van der Waals surface area contributed by atoms with E-state index in [1.165, 1.54) is 0 Å². The van der Waals surface area contributed by atoms with E-state index in [1.807, 2.05) is 25.3 Å². The fraction of sp³-hybridized carbons (Fsp3) is 0.533. The van der Waals surface area contributed by atoms with Gasteiger partial charge in [0.05, 0.1) is 6.20 Å². The second-order valence-electron chi connectivity index (χ2n) is 5.29. The van der Waals surface area contributed by atoms with Gasteiger partial charge in [-0.05, 0) is 44.4 Å². The van der Waals surface area contributed by atoms with Crippen LogP contribution in [0.1, 0.15) is 31.1 Å². The third-order valence-electron chi connectivity index (χ3n) is 3.38. The molecular weight excluding hydrogens is 254 g/mol. The van der Waals surface area contributed by atoms with Crippen LogP contribution in [-0.2, 0) is 6.54 Å². The zero-order chi connectivity index (χ0) is 14.4. The van der Waals surface area contributed by atoms with Gasteiger partial charge in [0.2, 0.25) is 0 Å². The summed E-state index contributed by atoms with van der Waals surface area (Å²) in [4.78, 5) is 0. The second kappa shape index (κ2) is 7.26. The predicted molar refractivity (Wildman–Crippen MR) is 78.2 cm³/mol. The van der Waals surface area contributed by atoms with Crippen LogP contribution < -0.4 is 5.32 Å². The molecule has 1 atom stereocenters. The maximum atomic E-state index is 8.96. The van der Waals surface area contributed by atoms with Crippen molar-refractivity contribution in [1.82, 2.24) is 15.5 Å². The van der Waals surface area contributed by atoms with Crippen LogP contribution in [-0.4, -0.2) is 28.5 Å². The van der Waals surface area contributed by atoms with Crippen molar-refractivity contribution in [3.05, 3.63) is 29.7 Å². The smallest absolute Gasteiger partial charge is 0.152 e. The van der Waals surface area contributed by atoms with Crippen molar-refractivity contribution in [2.24, 2.45) is 5.92 Å². The second-order valence-corrected chi connectivity index (χ2v) is 5.29. The molecule has 0 saturated heterocycles. The molecule has 0 fully saturated rings. The number of aryl methyl sites for hydroxylation is 1. The fourth-order valence-corrected chi connectivity index (χ4v) is 2.12. The Morgan fingerprint density at radius 1 is 1.45 bits per heavy atom. The summed E-state index contributed by atoms with van der Waals surface area (Å²) < 4.78 is 5.62. The van der Waals surface area contributed by atoms with Crippen molar-refractivity contribution in [1.29, 1.82) is 0 Å². The Morgan fingerprint density at radius 3 is 3.00 bits per heavy atom. The molecule has 0 amide bonds. The quantitative estimate of drug-likeness (QED) is 0.648. The Morgan fingerprint density at radius 2 is 2.30 bits per heavy atom. The highest BCUT2D eigenvalue weighted by Crippen LogP contribution is 2.23. The minimum atomic E-state index is 0.268. The molecule has 0 aliphatic heterocycles. The van der Waals surface area contributed by atoms with E-state index < -0.39 is 0 Å². The standard InChI is InChI=1S/C15H23N3O2/c1-11(10-19)4-3-7-16-8-13-9-17-18-15(13)14-6-5-12(2)20-14/h5-6,9,11,16,19H,3-4,7-8,10H2,1-2H3,(H,17,18). The summed E-state index contributed by atoms with van der Waals surface area (Å²) in [5.74, 6) is 2.10. The van der Waals surface area contributed by atoms with E-state index in [0.717, 1.165) is 48.7 Å². The van der Waals surface area contributed by atoms with Gasteiger partial charge in [-0.1, -0.05) is 6.92 Å². The van der Waals surface area contributed by atoms with Crippen LogP contribution >= 0.6 is 0 Å². The van der Waals surface area contributed by atoms with Crippen molar-refractivity contribution in [2.45, 2.75) is 33.2 Å². The molecule has 0 aliphatic carbocycles. The van der Waals surface area contributed by atoms with E-state index >= 15 is 0 Å². The molecule has 0 aliphatic rings. The highest BCUT2D eigenvalue weighted by molar-refractivity contribution is 5.56. The number of aliphatic hydroxyl groups excluding tert-OH is 1. The van der Waals surface area contributed by atoms with Crippen molar-refractivity contribution in [2.75, 3.05) is 13.2 Å². The topological polar surface area (TPSA) is 74.1 Å². The Balaban J connectivity index is 1.81. The largest absolute Gasteiger partial charge is 0.460 e. The molecule has 2 heterocycles. The number of aromatic nitrogens is 2. The first-order valence-corrected chi connectivity index (χ1v) is 7.11. The van der Waals surface area contributed by atoms with Crippen LogP contribution in [0.4, 0.5) is 0 Å². The number of nitrogens with zero attached hydrogens (tertiary/aromatic N) is 1. The van der Waals surface area contributed by atoms with Crippen LogP contribution in [0.3, 0.4) is 0 Å². The van der Waals surface area contributed by atoms with Gasteiger partial charge in [0.1, 0.15) is 11.5 Å². The molecule has 5 heteroatoms. The molecule has 0 radical (unpaired) electrons. The number of hydrogen-bond acceptors (Lipinski definition) is 4. The molecule has 0 saturated carbocycles. The van der Waals surface area contributed by atoms with E-state index in [4.69, 9.17) is 9.52 Å². The molecule has 0 bridgehead atoms. The number of hydrogen-bond donors (Lipinski definition) is 3. The highest BCUT2D eigenvalue weighted by Gasteiger charge is 2.10. The summed E-state index contributed by atoms with van der Waals surface area (Å²) in [6.45, 7) is 5.96. The lowest BCUT2D eigenvalue weighted by Gasteiger charge is -2.08. The lowest BCUT2D eigenvalue weighted by molar-refractivity contribution is 0.228. The number of aromatic amines is 1. The number of furan rings is 1. The lowest BCUT2D eigenvalue weighted by atomic mass is 10.1.